The number of ether oxygens (including phenoxy) is 2. The van der Waals surface area contributed by atoms with Crippen molar-refractivity contribution in [2.45, 2.75) is 24.8 Å². The highest BCUT2D eigenvalue weighted by Crippen LogP contribution is 2.19. The molecule has 1 heterocycles. The lowest BCUT2D eigenvalue weighted by molar-refractivity contribution is 0.0525. The van der Waals surface area contributed by atoms with Gasteiger partial charge in [0.05, 0.1) is 17.1 Å². The number of hydrogen-bond acceptors (Lipinski definition) is 8. The van der Waals surface area contributed by atoms with Crippen molar-refractivity contribution in [1.82, 2.24) is 9.21 Å². The molecule has 0 bridgehead atoms. The van der Waals surface area contributed by atoms with Gasteiger partial charge in [-0.2, -0.15) is 4.31 Å². The second-order valence-corrected chi connectivity index (χ2v) is 9.94. The Hall–Kier alpha value is -2.79. The molecule has 1 N–H and O–H groups in total. The molecule has 0 spiro atoms. The van der Waals surface area contributed by atoms with Crippen molar-refractivity contribution >= 4 is 21.8 Å². The summed E-state index contributed by atoms with van der Waals surface area (Å²) in [6.45, 7) is 5.35. The second-order valence-electron chi connectivity index (χ2n) is 8.00. The first kappa shape index (κ1) is 25.8. The molecule has 1 atom stereocenters. The Morgan fingerprint density at radius 3 is 2.32 bits per heavy atom. The van der Waals surface area contributed by atoms with Gasteiger partial charge in [-0.05, 0) is 50.2 Å². The Labute approximate surface area is 199 Å². The molecule has 1 aliphatic heterocycles. The first-order valence-electron chi connectivity index (χ1n) is 11.1. The Bertz CT molecular complexity index is 1090. The number of nitrogens with zero attached hydrogens (tertiary/aromatic N) is 2. The van der Waals surface area contributed by atoms with Gasteiger partial charge in [0.15, 0.2) is 5.78 Å². The average molecular weight is 491 g/mol. The van der Waals surface area contributed by atoms with Crippen LogP contribution in [0.15, 0.2) is 53.4 Å². The fourth-order valence-electron chi connectivity index (χ4n) is 3.63. The van der Waals surface area contributed by atoms with E-state index in [9.17, 15) is 23.1 Å². The molecule has 1 aliphatic rings. The third kappa shape index (κ3) is 6.63. The molecule has 0 radical (unpaired) electrons. The zero-order valence-corrected chi connectivity index (χ0v) is 20.2. The molecule has 0 amide bonds. The Morgan fingerprint density at radius 1 is 1.03 bits per heavy atom. The molecule has 0 aromatic heterocycles. The molecule has 0 unspecified atom stereocenters. The van der Waals surface area contributed by atoms with E-state index in [4.69, 9.17) is 9.47 Å². The molecule has 10 heteroatoms. The van der Waals surface area contributed by atoms with Crippen LogP contribution in [0.1, 0.15) is 34.6 Å². The lowest BCUT2D eigenvalue weighted by Gasteiger charge is -2.34. The van der Waals surface area contributed by atoms with Crippen LogP contribution in [0.4, 0.5) is 0 Å². The van der Waals surface area contributed by atoms with Crippen molar-refractivity contribution in [3.63, 3.8) is 0 Å². The predicted octanol–water partition coefficient (Wildman–Crippen LogP) is 1.81. The van der Waals surface area contributed by atoms with E-state index in [2.05, 4.69) is 0 Å². The number of Topliss-reactive ketones (excluding diaryl/α,β-unsaturated/α-hetero) is 1. The number of piperazine rings is 1. The minimum absolute atomic E-state index is 0.0613. The molecule has 0 saturated carbocycles. The smallest absolute Gasteiger partial charge is 0.338 e. The summed E-state index contributed by atoms with van der Waals surface area (Å²) >= 11 is 0. The summed E-state index contributed by atoms with van der Waals surface area (Å²) in [5.74, 6) is -0.0421. The number of sulfonamides is 1. The van der Waals surface area contributed by atoms with E-state index in [1.165, 1.54) is 35.5 Å². The maximum absolute atomic E-state index is 13.0. The quantitative estimate of drug-likeness (QED) is 0.396. The molecule has 34 heavy (non-hydrogen) atoms. The summed E-state index contributed by atoms with van der Waals surface area (Å²) in [7, 11) is -3.69. The number of carbonyl (C=O) groups excluding carboxylic acids is 2. The van der Waals surface area contributed by atoms with E-state index in [0.29, 0.717) is 36.5 Å². The van der Waals surface area contributed by atoms with Crippen molar-refractivity contribution in [2.75, 3.05) is 45.9 Å². The first-order chi connectivity index (χ1) is 16.2. The molecule has 3 rings (SSSR count). The van der Waals surface area contributed by atoms with Crippen LogP contribution in [0.5, 0.6) is 5.75 Å². The Morgan fingerprint density at radius 2 is 1.71 bits per heavy atom. The Kier molecular flexibility index (Phi) is 8.78. The lowest BCUT2D eigenvalue weighted by atomic mass is 10.1. The van der Waals surface area contributed by atoms with E-state index in [1.807, 2.05) is 4.90 Å². The molecule has 1 saturated heterocycles. The summed E-state index contributed by atoms with van der Waals surface area (Å²) in [6.07, 6.45) is -0.764. The number of β-amino-alcohol motifs (C(OH)–C–C–N with tert-alkyl or cyclic N) is 1. The van der Waals surface area contributed by atoms with E-state index < -0.39 is 22.1 Å². The zero-order valence-electron chi connectivity index (χ0n) is 19.3. The van der Waals surface area contributed by atoms with Gasteiger partial charge in [-0.3, -0.25) is 9.69 Å². The van der Waals surface area contributed by atoms with Crippen LogP contribution in [-0.2, 0) is 14.8 Å². The lowest BCUT2D eigenvalue weighted by Crippen LogP contribution is -2.50. The number of benzene rings is 2. The van der Waals surface area contributed by atoms with Gasteiger partial charge in [0.25, 0.3) is 0 Å². The van der Waals surface area contributed by atoms with E-state index in [1.54, 1.807) is 31.2 Å². The van der Waals surface area contributed by atoms with E-state index in [-0.39, 0.29) is 37.0 Å². The first-order valence-corrected chi connectivity index (χ1v) is 12.6. The number of rotatable bonds is 10. The van der Waals surface area contributed by atoms with Gasteiger partial charge in [-0.1, -0.05) is 12.1 Å². The van der Waals surface area contributed by atoms with Crippen molar-refractivity contribution in [3.8, 4) is 5.75 Å². The number of hydrogen-bond donors (Lipinski definition) is 1. The number of carbonyl (C=O) groups is 2. The van der Waals surface area contributed by atoms with Gasteiger partial charge in [-0.15, -0.1) is 0 Å². The molecule has 2 aromatic carbocycles. The molecule has 0 aliphatic carbocycles. The van der Waals surface area contributed by atoms with Crippen molar-refractivity contribution in [1.29, 1.82) is 0 Å². The van der Waals surface area contributed by atoms with Crippen LogP contribution in [-0.4, -0.2) is 86.5 Å². The fraction of sp³-hybridized carbons (Fsp3) is 0.417. The van der Waals surface area contributed by atoms with Crippen LogP contribution >= 0.6 is 0 Å². The second kappa shape index (κ2) is 11.6. The molecule has 9 nitrogen and oxygen atoms in total. The van der Waals surface area contributed by atoms with Crippen LogP contribution in [0.2, 0.25) is 0 Å². The standard InChI is InChI=1S/C24H30N2O7S/c1-3-32-24(29)19-7-9-23(10-8-19)34(30,31)26-13-11-25(12-14-26)16-21(28)17-33-22-6-4-5-20(15-22)18(2)27/h4-10,15,21,28H,3,11-14,16-17H2,1-2H3/t21-/m0/s1. The summed E-state index contributed by atoms with van der Waals surface area (Å²) in [5, 5.41) is 10.4. The van der Waals surface area contributed by atoms with Gasteiger partial charge in [0.1, 0.15) is 18.5 Å². The van der Waals surface area contributed by atoms with Gasteiger partial charge in [0, 0.05) is 38.3 Å². The van der Waals surface area contributed by atoms with Crippen molar-refractivity contribution in [3.05, 3.63) is 59.7 Å². The number of ketones is 1. The topological polar surface area (TPSA) is 113 Å². The summed E-state index contributed by atoms with van der Waals surface area (Å²) in [6, 6.07) is 12.5. The molecule has 1 fully saturated rings. The highest BCUT2D eigenvalue weighted by atomic mass is 32.2. The average Bonchev–Trinajstić information content (AvgIpc) is 2.83. The van der Waals surface area contributed by atoms with E-state index >= 15 is 0 Å². The highest BCUT2D eigenvalue weighted by Gasteiger charge is 2.29. The number of aliphatic hydroxyl groups excluding tert-OH is 1. The largest absolute Gasteiger partial charge is 0.491 e. The third-order valence-electron chi connectivity index (χ3n) is 5.49. The van der Waals surface area contributed by atoms with Gasteiger partial charge < -0.3 is 14.6 Å². The predicted molar refractivity (Wildman–Crippen MR) is 126 cm³/mol. The summed E-state index contributed by atoms with van der Waals surface area (Å²) in [5.41, 5.74) is 0.842. The van der Waals surface area contributed by atoms with Crippen molar-refractivity contribution in [2.24, 2.45) is 0 Å². The van der Waals surface area contributed by atoms with Crippen LogP contribution in [0, 0.1) is 0 Å². The van der Waals surface area contributed by atoms with Gasteiger partial charge >= 0.3 is 5.97 Å². The minimum Gasteiger partial charge on any atom is -0.491 e. The Balaban J connectivity index is 1.49. The van der Waals surface area contributed by atoms with Crippen molar-refractivity contribution < 1.29 is 32.6 Å². The monoisotopic (exact) mass is 490 g/mol. The number of aliphatic hydroxyl groups is 1. The van der Waals surface area contributed by atoms with Gasteiger partial charge in [0.2, 0.25) is 10.0 Å². The van der Waals surface area contributed by atoms with Crippen LogP contribution in [0.3, 0.4) is 0 Å². The van der Waals surface area contributed by atoms with Gasteiger partial charge in [-0.25, -0.2) is 13.2 Å². The maximum atomic E-state index is 13.0. The number of esters is 1. The molecule has 2 aromatic rings. The SMILES string of the molecule is CCOC(=O)c1ccc(S(=O)(=O)N2CCN(C[C@H](O)COc3cccc(C(C)=O)c3)CC2)cc1. The summed E-state index contributed by atoms with van der Waals surface area (Å²) in [4.78, 5) is 25.3. The summed E-state index contributed by atoms with van der Waals surface area (Å²) < 4.78 is 37.8. The fourth-order valence-corrected chi connectivity index (χ4v) is 5.05. The minimum atomic E-state index is -3.69. The van der Waals surface area contributed by atoms with Crippen LogP contribution in [0.25, 0.3) is 0 Å². The van der Waals surface area contributed by atoms with Crippen LogP contribution < -0.4 is 4.74 Å². The molecule has 184 valence electrons. The molecular formula is C24H30N2O7S. The normalized spacial score (nSPS) is 16.1. The maximum Gasteiger partial charge on any atom is 0.338 e. The molecular weight excluding hydrogens is 460 g/mol. The highest BCUT2D eigenvalue weighted by molar-refractivity contribution is 7.89. The van der Waals surface area contributed by atoms with E-state index in [0.717, 1.165) is 0 Å². The third-order valence-corrected chi connectivity index (χ3v) is 7.40. The zero-order chi connectivity index (χ0) is 24.7.